The lowest BCUT2D eigenvalue weighted by molar-refractivity contribution is 0.0828. The Bertz CT molecular complexity index is 643. The van der Waals surface area contributed by atoms with Crippen LogP contribution in [0, 0.1) is 0 Å². The van der Waals surface area contributed by atoms with Gasteiger partial charge in [-0.1, -0.05) is 0 Å². The van der Waals surface area contributed by atoms with Crippen molar-refractivity contribution in [3.05, 3.63) is 35.1 Å². The molecule has 1 aromatic carbocycles. The summed E-state index contributed by atoms with van der Waals surface area (Å²) in [7, 11) is 3.51. The molecule has 19 heavy (non-hydrogen) atoms. The lowest BCUT2D eigenvalue weighted by atomic mass is 9.92. The van der Waals surface area contributed by atoms with Gasteiger partial charge in [0.05, 0.1) is 0 Å². The van der Waals surface area contributed by atoms with E-state index in [2.05, 4.69) is 0 Å². The van der Waals surface area contributed by atoms with Crippen LogP contribution in [0.3, 0.4) is 0 Å². The largest absolute Gasteiger partial charge is 0.461 e. The molecule has 1 atom stereocenters. The number of fused-ring (bicyclic) bond motifs is 3. The van der Waals surface area contributed by atoms with Gasteiger partial charge >= 0.3 is 0 Å². The third-order valence-corrected chi connectivity index (χ3v) is 3.74. The van der Waals surface area contributed by atoms with Crippen LogP contribution in [0.5, 0.6) is 0 Å². The first-order chi connectivity index (χ1) is 9.06. The number of aryl methyl sites for hydroxylation is 1. The highest BCUT2D eigenvalue weighted by molar-refractivity contribution is 5.98. The topological polar surface area (TPSA) is 59.5 Å². The maximum absolute atomic E-state index is 12.0. The van der Waals surface area contributed by atoms with Gasteiger partial charge in [-0.15, -0.1) is 0 Å². The standard InChI is InChI=1S/C15H18N2O2/c1-17(2)15(18)9-3-5-13-11(7-9)12-8-10(16)4-6-14(12)19-13/h3,5,7,10H,4,6,8,16H2,1-2H3. The van der Waals surface area contributed by atoms with Gasteiger partial charge in [0.2, 0.25) is 0 Å². The van der Waals surface area contributed by atoms with Crippen molar-refractivity contribution in [2.45, 2.75) is 25.3 Å². The molecule has 2 N–H and O–H groups in total. The van der Waals surface area contributed by atoms with E-state index >= 15 is 0 Å². The molecular weight excluding hydrogens is 240 g/mol. The average molecular weight is 258 g/mol. The normalized spacial score (nSPS) is 18.4. The zero-order valence-electron chi connectivity index (χ0n) is 11.3. The predicted molar refractivity (Wildman–Crippen MR) is 74.2 cm³/mol. The molecule has 1 unspecified atom stereocenters. The highest BCUT2D eigenvalue weighted by atomic mass is 16.3. The van der Waals surface area contributed by atoms with Crippen LogP contribution in [-0.2, 0) is 12.8 Å². The van der Waals surface area contributed by atoms with Crippen molar-refractivity contribution >= 4 is 16.9 Å². The van der Waals surface area contributed by atoms with Gasteiger partial charge in [-0.05, 0) is 31.0 Å². The molecular formula is C15H18N2O2. The van der Waals surface area contributed by atoms with Crippen molar-refractivity contribution in [2.75, 3.05) is 14.1 Å². The molecule has 0 aliphatic heterocycles. The monoisotopic (exact) mass is 258 g/mol. The average Bonchev–Trinajstić information content (AvgIpc) is 2.75. The molecule has 0 saturated carbocycles. The Balaban J connectivity index is 2.12. The smallest absolute Gasteiger partial charge is 0.253 e. The fourth-order valence-electron chi connectivity index (χ4n) is 2.70. The van der Waals surface area contributed by atoms with E-state index in [9.17, 15) is 4.79 Å². The Hall–Kier alpha value is -1.81. The van der Waals surface area contributed by atoms with Gasteiger partial charge in [-0.3, -0.25) is 4.79 Å². The second-order valence-corrected chi connectivity index (χ2v) is 5.42. The van der Waals surface area contributed by atoms with E-state index in [0.717, 1.165) is 36.0 Å². The molecule has 3 rings (SSSR count). The lowest BCUT2D eigenvalue weighted by Gasteiger charge is -2.16. The fourth-order valence-corrected chi connectivity index (χ4v) is 2.70. The number of carbonyl (C=O) groups is 1. The molecule has 0 spiro atoms. The Morgan fingerprint density at radius 1 is 1.42 bits per heavy atom. The van der Waals surface area contributed by atoms with E-state index in [-0.39, 0.29) is 11.9 Å². The Morgan fingerprint density at radius 3 is 2.95 bits per heavy atom. The first kappa shape index (κ1) is 12.2. The van der Waals surface area contributed by atoms with Gasteiger partial charge in [0.15, 0.2) is 0 Å². The number of rotatable bonds is 1. The molecule has 4 nitrogen and oxygen atoms in total. The Morgan fingerprint density at radius 2 is 2.21 bits per heavy atom. The molecule has 0 fully saturated rings. The van der Waals surface area contributed by atoms with Crippen LogP contribution in [-0.4, -0.2) is 30.9 Å². The molecule has 0 saturated heterocycles. The van der Waals surface area contributed by atoms with Crippen LogP contribution in [0.25, 0.3) is 11.0 Å². The van der Waals surface area contributed by atoms with Crippen LogP contribution in [0.1, 0.15) is 28.1 Å². The summed E-state index contributed by atoms with van der Waals surface area (Å²) in [6.07, 6.45) is 2.69. The quantitative estimate of drug-likeness (QED) is 0.850. The third-order valence-electron chi connectivity index (χ3n) is 3.74. The van der Waals surface area contributed by atoms with E-state index in [1.807, 2.05) is 18.2 Å². The Labute approximate surface area is 112 Å². The van der Waals surface area contributed by atoms with Crippen molar-refractivity contribution in [3.8, 4) is 0 Å². The fraction of sp³-hybridized carbons (Fsp3) is 0.400. The molecule has 100 valence electrons. The van der Waals surface area contributed by atoms with Crippen molar-refractivity contribution in [3.63, 3.8) is 0 Å². The summed E-state index contributed by atoms with van der Waals surface area (Å²) in [4.78, 5) is 13.6. The van der Waals surface area contributed by atoms with Crippen LogP contribution in [0.2, 0.25) is 0 Å². The highest BCUT2D eigenvalue weighted by Gasteiger charge is 2.22. The number of benzene rings is 1. The number of nitrogens with two attached hydrogens (primary N) is 1. The van der Waals surface area contributed by atoms with Crippen molar-refractivity contribution < 1.29 is 9.21 Å². The van der Waals surface area contributed by atoms with Crippen molar-refractivity contribution in [1.29, 1.82) is 0 Å². The molecule has 4 heteroatoms. The summed E-state index contributed by atoms with van der Waals surface area (Å²) in [5.41, 5.74) is 8.76. The molecule has 1 aliphatic carbocycles. The summed E-state index contributed by atoms with van der Waals surface area (Å²) in [6.45, 7) is 0. The SMILES string of the molecule is CN(C)C(=O)c1ccc2oc3c(c2c1)CC(N)CC3. The number of amides is 1. The summed E-state index contributed by atoms with van der Waals surface area (Å²) < 4.78 is 5.85. The summed E-state index contributed by atoms with van der Waals surface area (Å²) in [5.74, 6) is 1.04. The van der Waals surface area contributed by atoms with E-state index in [0.29, 0.717) is 5.56 Å². The third kappa shape index (κ3) is 2.02. The highest BCUT2D eigenvalue weighted by Crippen LogP contribution is 2.32. The van der Waals surface area contributed by atoms with E-state index in [4.69, 9.17) is 10.2 Å². The van der Waals surface area contributed by atoms with Gasteiger partial charge in [-0.25, -0.2) is 0 Å². The van der Waals surface area contributed by atoms with Gasteiger partial charge in [0.1, 0.15) is 11.3 Å². The maximum Gasteiger partial charge on any atom is 0.253 e. The van der Waals surface area contributed by atoms with E-state index in [1.165, 1.54) is 5.56 Å². The minimum atomic E-state index is 0.0111. The minimum Gasteiger partial charge on any atom is -0.461 e. The zero-order chi connectivity index (χ0) is 13.6. The number of furan rings is 1. The maximum atomic E-state index is 12.0. The van der Waals surface area contributed by atoms with Crippen molar-refractivity contribution in [2.24, 2.45) is 5.73 Å². The lowest BCUT2D eigenvalue weighted by Crippen LogP contribution is -2.27. The van der Waals surface area contributed by atoms with E-state index < -0.39 is 0 Å². The molecule has 1 amide bonds. The predicted octanol–water partition coefficient (Wildman–Crippen LogP) is 1.95. The van der Waals surface area contributed by atoms with Crippen molar-refractivity contribution in [1.82, 2.24) is 4.90 Å². The minimum absolute atomic E-state index is 0.0111. The molecule has 0 bridgehead atoms. The second kappa shape index (κ2) is 4.38. The number of nitrogens with zero attached hydrogens (tertiary/aromatic N) is 1. The number of hydrogen-bond donors (Lipinski definition) is 1. The van der Waals surface area contributed by atoms with E-state index in [1.54, 1.807) is 19.0 Å². The molecule has 1 aromatic heterocycles. The summed E-state index contributed by atoms with van der Waals surface area (Å²) >= 11 is 0. The zero-order valence-corrected chi connectivity index (χ0v) is 11.3. The van der Waals surface area contributed by atoms with Gasteiger partial charge in [0.25, 0.3) is 5.91 Å². The molecule has 2 aromatic rings. The first-order valence-electron chi connectivity index (χ1n) is 6.58. The summed E-state index contributed by atoms with van der Waals surface area (Å²) in [6, 6.07) is 5.83. The van der Waals surface area contributed by atoms with Gasteiger partial charge < -0.3 is 15.1 Å². The molecule has 0 radical (unpaired) electrons. The first-order valence-corrected chi connectivity index (χ1v) is 6.58. The molecule has 1 aliphatic rings. The second-order valence-electron chi connectivity index (χ2n) is 5.42. The van der Waals surface area contributed by atoms with Crippen LogP contribution < -0.4 is 5.73 Å². The van der Waals surface area contributed by atoms with Crippen LogP contribution in [0.4, 0.5) is 0 Å². The number of carbonyl (C=O) groups excluding carboxylic acids is 1. The van der Waals surface area contributed by atoms with Crippen LogP contribution in [0.15, 0.2) is 22.6 Å². The van der Waals surface area contributed by atoms with Gasteiger partial charge in [0, 0.05) is 43.1 Å². The van der Waals surface area contributed by atoms with Crippen LogP contribution >= 0.6 is 0 Å². The van der Waals surface area contributed by atoms with Gasteiger partial charge in [-0.2, -0.15) is 0 Å². The molecule has 1 heterocycles. The summed E-state index contributed by atoms with van der Waals surface area (Å²) in [5, 5.41) is 1.04. The number of hydrogen-bond acceptors (Lipinski definition) is 3. The Kier molecular flexibility index (Phi) is 2.82.